The third-order valence-corrected chi connectivity index (χ3v) is 2.13. The van der Waals surface area contributed by atoms with Crippen molar-refractivity contribution < 1.29 is 18.8 Å². The second kappa shape index (κ2) is 5.44. The van der Waals surface area contributed by atoms with Gasteiger partial charge in [-0.05, 0) is 19.9 Å². The van der Waals surface area contributed by atoms with Crippen LogP contribution in [0, 0.1) is 15.9 Å². The summed E-state index contributed by atoms with van der Waals surface area (Å²) in [7, 11) is 1.11. The summed E-state index contributed by atoms with van der Waals surface area (Å²) in [6.45, 7) is 3.54. The number of nitro groups is 1. The SMILES string of the molecule is COC(=O)c1cc(NC(C)C)c([N+](=O)[O-])cc1F. The number of esters is 1. The Kier molecular flexibility index (Phi) is 4.19. The summed E-state index contributed by atoms with van der Waals surface area (Å²) >= 11 is 0. The van der Waals surface area contributed by atoms with Crippen molar-refractivity contribution in [2.24, 2.45) is 0 Å². The summed E-state index contributed by atoms with van der Waals surface area (Å²) in [4.78, 5) is 21.4. The van der Waals surface area contributed by atoms with Crippen LogP contribution < -0.4 is 5.32 Å². The van der Waals surface area contributed by atoms with Crippen molar-refractivity contribution in [3.63, 3.8) is 0 Å². The number of nitrogens with zero attached hydrogens (tertiary/aromatic N) is 1. The summed E-state index contributed by atoms with van der Waals surface area (Å²) in [5.41, 5.74) is -0.683. The molecular formula is C11H13FN2O4. The maximum Gasteiger partial charge on any atom is 0.340 e. The minimum absolute atomic E-state index is 0.0804. The quantitative estimate of drug-likeness (QED) is 0.508. The Morgan fingerprint density at radius 3 is 2.56 bits per heavy atom. The number of hydrogen-bond acceptors (Lipinski definition) is 5. The Balaban J connectivity index is 3.35. The van der Waals surface area contributed by atoms with E-state index >= 15 is 0 Å². The summed E-state index contributed by atoms with van der Waals surface area (Å²) in [6.07, 6.45) is 0. The van der Waals surface area contributed by atoms with E-state index in [1.54, 1.807) is 13.8 Å². The number of rotatable bonds is 4. The van der Waals surface area contributed by atoms with Crippen LogP contribution in [0.2, 0.25) is 0 Å². The molecule has 0 radical (unpaired) electrons. The lowest BCUT2D eigenvalue weighted by Crippen LogP contribution is -2.13. The van der Waals surface area contributed by atoms with Gasteiger partial charge in [0.05, 0.1) is 23.7 Å². The average Bonchev–Trinajstić information content (AvgIpc) is 2.29. The fraction of sp³-hybridized carbons (Fsp3) is 0.364. The molecule has 98 valence electrons. The van der Waals surface area contributed by atoms with E-state index in [2.05, 4.69) is 10.1 Å². The van der Waals surface area contributed by atoms with Crippen LogP contribution in [-0.4, -0.2) is 24.0 Å². The van der Waals surface area contributed by atoms with Crippen molar-refractivity contribution in [1.82, 2.24) is 0 Å². The fourth-order valence-electron chi connectivity index (χ4n) is 1.41. The molecule has 0 aromatic heterocycles. The van der Waals surface area contributed by atoms with Crippen LogP contribution in [0.3, 0.4) is 0 Å². The number of nitrogens with one attached hydrogen (secondary N) is 1. The minimum atomic E-state index is -0.983. The summed E-state index contributed by atoms with van der Waals surface area (Å²) < 4.78 is 17.9. The van der Waals surface area contributed by atoms with Crippen LogP contribution in [0.4, 0.5) is 15.8 Å². The highest BCUT2D eigenvalue weighted by Crippen LogP contribution is 2.28. The Morgan fingerprint density at radius 2 is 2.11 bits per heavy atom. The highest BCUT2D eigenvalue weighted by molar-refractivity contribution is 5.92. The van der Waals surface area contributed by atoms with Crippen molar-refractivity contribution in [2.45, 2.75) is 19.9 Å². The maximum absolute atomic E-state index is 13.5. The Bertz CT molecular complexity index is 488. The van der Waals surface area contributed by atoms with Crippen LogP contribution in [0.25, 0.3) is 0 Å². The molecule has 7 heteroatoms. The van der Waals surface area contributed by atoms with Crippen molar-refractivity contribution in [3.05, 3.63) is 33.6 Å². The molecule has 0 aliphatic carbocycles. The summed E-state index contributed by atoms with van der Waals surface area (Å²) in [5.74, 6) is -1.86. The topological polar surface area (TPSA) is 81.5 Å². The number of carbonyl (C=O) groups excluding carboxylic acids is 1. The van der Waals surface area contributed by atoms with Crippen LogP contribution in [-0.2, 0) is 4.74 Å². The number of halogens is 1. The molecule has 18 heavy (non-hydrogen) atoms. The number of ether oxygens (including phenoxy) is 1. The Hall–Kier alpha value is -2.18. The molecule has 0 bridgehead atoms. The van der Waals surface area contributed by atoms with Crippen molar-refractivity contribution in [1.29, 1.82) is 0 Å². The van der Waals surface area contributed by atoms with Crippen LogP contribution in [0.5, 0.6) is 0 Å². The zero-order chi connectivity index (χ0) is 13.9. The van der Waals surface area contributed by atoms with Gasteiger partial charge < -0.3 is 10.1 Å². The molecule has 0 heterocycles. The van der Waals surface area contributed by atoms with E-state index in [-0.39, 0.29) is 17.3 Å². The van der Waals surface area contributed by atoms with Crippen molar-refractivity contribution in [2.75, 3.05) is 12.4 Å². The highest BCUT2D eigenvalue weighted by Gasteiger charge is 2.22. The van der Waals surface area contributed by atoms with E-state index in [0.717, 1.165) is 13.2 Å². The van der Waals surface area contributed by atoms with Crippen LogP contribution >= 0.6 is 0 Å². The van der Waals surface area contributed by atoms with Gasteiger partial charge in [0.1, 0.15) is 11.5 Å². The molecule has 0 amide bonds. The number of anilines is 1. The highest BCUT2D eigenvalue weighted by atomic mass is 19.1. The third kappa shape index (κ3) is 2.93. The van der Waals surface area contributed by atoms with Gasteiger partial charge in [0.2, 0.25) is 0 Å². The predicted octanol–water partition coefficient (Wildman–Crippen LogP) is 2.34. The second-order valence-electron chi connectivity index (χ2n) is 3.90. The molecule has 0 saturated heterocycles. The molecule has 1 aromatic rings. The molecular weight excluding hydrogens is 243 g/mol. The first-order valence-corrected chi connectivity index (χ1v) is 5.19. The first kappa shape index (κ1) is 13.9. The largest absolute Gasteiger partial charge is 0.465 e. The number of carbonyl (C=O) groups is 1. The lowest BCUT2D eigenvalue weighted by molar-refractivity contribution is -0.384. The van der Waals surface area contributed by atoms with Crippen molar-refractivity contribution >= 4 is 17.3 Å². The summed E-state index contributed by atoms with van der Waals surface area (Å²) in [6, 6.07) is 1.69. The standard InChI is InChI=1S/C11H13FN2O4/c1-6(2)13-9-4-7(11(15)18-3)8(12)5-10(9)14(16)17/h4-6,13H,1-3H3. The molecule has 0 unspecified atom stereocenters. The fourth-order valence-corrected chi connectivity index (χ4v) is 1.41. The zero-order valence-electron chi connectivity index (χ0n) is 10.2. The van der Waals surface area contributed by atoms with E-state index in [0.29, 0.717) is 6.07 Å². The second-order valence-corrected chi connectivity index (χ2v) is 3.90. The van der Waals surface area contributed by atoms with Crippen molar-refractivity contribution in [3.8, 4) is 0 Å². The van der Waals surface area contributed by atoms with Gasteiger partial charge in [-0.15, -0.1) is 0 Å². The van der Waals surface area contributed by atoms with Gasteiger partial charge >= 0.3 is 5.97 Å². The smallest absolute Gasteiger partial charge is 0.340 e. The first-order chi connectivity index (χ1) is 8.36. The molecule has 6 nitrogen and oxygen atoms in total. The molecule has 0 aliphatic heterocycles. The number of methoxy groups -OCH3 is 1. The van der Waals surface area contributed by atoms with Gasteiger partial charge in [0, 0.05) is 6.04 Å². The van der Waals surface area contributed by atoms with Gasteiger partial charge in [0.15, 0.2) is 0 Å². The lowest BCUT2D eigenvalue weighted by Gasteiger charge is -2.11. The molecule has 0 fully saturated rings. The van der Waals surface area contributed by atoms with Gasteiger partial charge in [-0.25, -0.2) is 9.18 Å². The number of benzene rings is 1. The molecule has 0 atom stereocenters. The van der Waals surface area contributed by atoms with Gasteiger partial charge in [-0.1, -0.05) is 0 Å². The molecule has 0 spiro atoms. The molecule has 1 N–H and O–H groups in total. The summed E-state index contributed by atoms with van der Waals surface area (Å²) in [5, 5.41) is 13.6. The first-order valence-electron chi connectivity index (χ1n) is 5.19. The lowest BCUT2D eigenvalue weighted by atomic mass is 10.1. The molecule has 1 rings (SSSR count). The monoisotopic (exact) mass is 256 g/mol. The van der Waals surface area contributed by atoms with E-state index in [1.807, 2.05) is 0 Å². The molecule has 0 saturated carbocycles. The van der Waals surface area contributed by atoms with Gasteiger partial charge in [-0.2, -0.15) is 0 Å². The van der Waals surface area contributed by atoms with Crippen LogP contribution in [0.1, 0.15) is 24.2 Å². The van der Waals surface area contributed by atoms with Gasteiger partial charge in [0.25, 0.3) is 5.69 Å². The van der Waals surface area contributed by atoms with Crippen LogP contribution in [0.15, 0.2) is 12.1 Å². The molecule has 0 aliphatic rings. The Morgan fingerprint density at radius 1 is 1.50 bits per heavy atom. The van der Waals surface area contributed by atoms with E-state index < -0.39 is 22.4 Å². The third-order valence-electron chi connectivity index (χ3n) is 2.13. The van der Waals surface area contributed by atoms with E-state index in [4.69, 9.17) is 0 Å². The number of hydrogen-bond donors (Lipinski definition) is 1. The zero-order valence-corrected chi connectivity index (χ0v) is 10.2. The normalized spacial score (nSPS) is 10.3. The predicted molar refractivity (Wildman–Crippen MR) is 63.2 cm³/mol. The number of nitro benzene ring substituents is 1. The van der Waals surface area contributed by atoms with E-state index in [1.165, 1.54) is 0 Å². The maximum atomic E-state index is 13.5. The Labute approximate surface area is 103 Å². The van der Waals surface area contributed by atoms with E-state index in [9.17, 15) is 19.3 Å². The minimum Gasteiger partial charge on any atom is -0.465 e. The molecule has 1 aromatic carbocycles. The van der Waals surface area contributed by atoms with Gasteiger partial charge in [-0.3, -0.25) is 10.1 Å². The average molecular weight is 256 g/mol.